The number of carbonyl (C=O) groups is 3. The molecule has 9 heteroatoms. The predicted molar refractivity (Wildman–Crippen MR) is 127 cm³/mol. The number of hydrogen-bond donors (Lipinski definition) is 4. The zero-order chi connectivity index (χ0) is 23.5. The van der Waals surface area contributed by atoms with Gasteiger partial charge >= 0.3 is 111 Å². The van der Waals surface area contributed by atoms with Crippen molar-refractivity contribution in [1.82, 2.24) is 4.90 Å². The molecule has 1 aliphatic rings. The van der Waals surface area contributed by atoms with E-state index in [1.54, 1.807) is 48.5 Å². The van der Waals surface area contributed by atoms with Gasteiger partial charge in [-0.05, 0) is 18.2 Å². The normalized spacial score (nSPS) is 13.1. The number of carbonyl (C=O) groups excluding carboxylic acids is 3. The van der Waals surface area contributed by atoms with Crippen LogP contribution in [0.25, 0.3) is 10.8 Å². The Morgan fingerprint density at radius 1 is 0.909 bits per heavy atom. The van der Waals surface area contributed by atoms with E-state index in [0.717, 1.165) is 0 Å². The van der Waals surface area contributed by atoms with Gasteiger partial charge in [0.15, 0.2) is 0 Å². The monoisotopic (exact) mass is 509 g/mol. The molecule has 8 nitrogen and oxygen atoms in total. The molecule has 3 amide bonds. The average molecular weight is 509 g/mol. The van der Waals surface area contributed by atoms with E-state index in [9.17, 15) is 22.6 Å². The molecule has 0 unspecified atom stereocenters. The fourth-order valence-electron chi connectivity index (χ4n) is 4.01. The standard InChI is InChI=1S/C24H24AsN3O5/c26-20-13-12-19-22-17(20)5-4-6-18(22)23(30)28(24(19)31)14-3-1-2-7-21(29)27-16-10-8-15(9-11-16)25(32)33/h4-6,8-13,32-33H,1-3,7,14,26H2,(H,27,29). The first-order valence-electron chi connectivity index (χ1n) is 10.6. The van der Waals surface area contributed by atoms with Gasteiger partial charge < -0.3 is 5.73 Å². The smallest absolute Gasteiger partial charge is 0.261 e. The predicted octanol–water partition coefficient (Wildman–Crippen LogP) is 1.90. The summed E-state index contributed by atoms with van der Waals surface area (Å²) in [7, 11) is 0. The second-order valence-electron chi connectivity index (χ2n) is 7.89. The van der Waals surface area contributed by atoms with Crippen LogP contribution in [0.3, 0.4) is 0 Å². The maximum Gasteiger partial charge on any atom is 0.261 e. The van der Waals surface area contributed by atoms with E-state index in [0.29, 0.717) is 63.3 Å². The third-order valence-electron chi connectivity index (χ3n) is 5.69. The van der Waals surface area contributed by atoms with Crippen molar-refractivity contribution in [2.24, 2.45) is 0 Å². The van der Waals surface area contributed by atoms with Crippen molar-refractivity contribution in [2.45, 2.75) is 25.7 Å². The second kappa shape index (κ2) is 9.75. The summed E-state index contributed by atoms with van der Waals surface area (Å²) in [5, 5.41) is 4.10. The molecule has 0 saturated carbocycles. The number of nitrogens with two attached hydrogens (primary N) is 1. The van der Waals surface area contributed by atoms with Crippen LogP contribution < -0.4 is 15.4 Å². The topological polar surface area (TPSA) is 133 Å². The van der Waals surface area contributed by atoms with Crippen LogP contribution in [0.5, 0.6) is 0 Å². The fraction of sp³-hybridized carbons (Fsp3) is 0.208. The minimum absolute atomic E-state index is 0.145. The van der Waals surface area contributed by atoms with Crippen molar-refractivity contribution in [3.05, 3.63) is 65.7 Å². The Morgan fingerprint density at radius 2 is 1.61 bits per heavy atom. The van der Waals surface area contributed by atoms with E-state index >= 15 is 0 Å². The van der Waals surface area contributed by atoms with E-state index in [-0.39, 0.29) is 24.3 Å². The van der Waals surface area contributed by atoms with Crippen molar-refractivity contribution in [1.29, 1.82) is 0 Å². The molecule has 3 aromatic rings. The molecule has 4 rings (SSSR count). The van der Waals surface area contributed by atoms with Gasteiger partial charge in [-0.3, -0.25) is 9.59 Å². The Kier molecular flexibility index (Phi) is 6.79. The fourth-order valence-corrected chi connectivity index (χ4v) is 4.88. The van der Waals surface area contributed by atoms with Crippen LogP contribution in [0, 0.1) is 0 Å². The van der Waals surface area contributed by atoms with Crippen LogP contribution in [0.1, 0.15) is 46.4 Å². The van der Waals surface area contributed by atoms with Crippen molar-refractivity contribution >= 4 is 59.6 Å². The number of benzene rings is 3. The summed E-state index contributed by atoms with van der Waals surface area (Å²) in [4.78, 5) is 39.3. The number of unbranched alkanes of at least 4 members (excludes halogenated alkanes) is 2. The van der Waals surface area contributed by atoms with Crippen LogP contribution in [-0.2, 0) is 4.79 Å². The Morgan fingerprint density at radius 3 is 2.30 bits per heavy atom. The van der Waals surface area contributed by atoms with Crippen LogP contribution >= 0.6 is 0 Å². The molecule has 1 heterocycles. The molecular formula is C24H24AsN3O5. The molecule has 170 valence electrons. The molecule has 0 aromatic heterocycles. The van der Waals surface area contributed by atoms with E-state index in [1.165, 1.54) is 4.90 Å². The summed E-state index contributed by atoms with van der Waals surface area (Å²) in [5.74, 6) is -0.782. The number of anilines is 2. The first-order valence-corrected chi connectivity index (χ1v) is 13.2. The zero-order valence-electron chi connectivity index (χ0n) is 17.8. The van der Waals surface area contributed by atoms with Gasteiger partial charge in [0.05, 0.1) is 0 Å². The van der Waals surface area contributed by atoms with Gasteiger partial charge in [0.2, 0.25) is 0 Å². The largest absolute Gasteiger partial charge is 0.269 e. The Balaban J connectivity index is 1.29. The SMILES string of the molecule is Nc1ccc2c3c(cccc13)C(=O)N(CCCCCC(=O)Nc1ccc([As](O)O)cc1)C2=O. The van der Waals surface area contributed by atoms with Gasteiger partial charge in [-0.1, -0.05) is 12.1 Å². The van der Waals surface area contributed by atoms with Gasteiger partial charge in [0.25, 0.3) is 11.8 Å². The average Bonchev–Trinajstić information content (AvgIpc) is 2.80. The van der Waals surface area contributed by atoms with Gasteiger partial charge in [0.1, 0.15) is 0 Å². The maximum atomic E-state index is 12.9. The van der Waals surface area contributed by atoms with Crippen molar-refractivity contribution in [2.75, 3.05) is 17.6 Å². The number of imide groups is 1. The number of amides is 3. The molecule has 5 N–H and O–H groups in total. The van der Waals surface area contributed by atoms with E-state index in [4.69, 9.17) is 5.73 Å². The first kappa shape index (κ1) is 23.0. The number of nitrogen functional groups attached to an aromatic ring is 1. The maximum absolute atomic E-state index is 12.9. The second-order valence-corrected chi connectivity index (χ2v) is 10.2. The zero-order valence-corrected chi connectivity index (χ0v) is 19.7. The minimum Gasteiger partial charge on any atom is -0.269 e. The summed E-state index contributed by atoms with van der Waals surface area (Å²) in [6, 6.07) is 15.1. The molecule has 0 aliphatic carbocycles. The molecule has 0 atom stereocenters. The molecule has 3 aromatic carbocycles. The van der Waals surface area contributed by atoms with E-state index in [1.807, 2.05) is 6.07 Å². The molecular weight excluding hydrogens is 485 g/mol. The number of rotatable bonds is 8. The Labute approximate surface area is 196 Å². The van der Waals surface area contributed by atoms with Gasteiger partial charge in [0, 0.05) is 27.6 Å². The quantitative estimate of drug-likeness (QED) is 0.159. The molecule has 0 spiro atoms. The van der Waals surface area contributed by atoms with Crippen LogP contribution in [0.4, 0.5) is 11.4 Å². The molecule has 1 aliphatic heterocycles. The molecule has 0 radical (unpaired) electrons. The van der Waals surface area contributed by atoms with Crippen molar-refractivity contribution in [3.8, 4) is 0 Å². The summed E-state index contributed by atoms with van der Waals surface area (Å²) >= 11 is -2.90. The van der Waals surface area contributed by atoms with E-state index in [2.05, 4.69) is 5.32 Å². The number of nitrogens with zero attached hydrogens (tertiary/aromatic N) is 1. The molecule has 33 heavy (non-hydrogen) atoms. The summed E-state index contributed by atoms with van der Waals surface area (Å²) in [6.45, 7) is 0.286. The number of hydrogen-bond acceptors (Lipinski definition) is 6. The van der Waals surface area contributed by atoms with Gasteiger partial charge in [-0.15, -0.1) is 0 Å². The van der Waals surface area contributed by atoms with Gasteiger partial charge in [-0.25, -0.2) is 0 Å². The molecule has 0 bridgehead atoms. The summed E-state index contributed by atoms with van der Waals surface area (Å²) < 4.78 is 19.0. The third kappa shape index (κ3) is 4.78. The van der Waals surface area contributed by atoms with Crippen LogP contribution in [0.2, 0.25) is 0 Å². The van der Waals surface area contributed by atoms with Crippen molar-refractivity contribution in [3.63, 3.8) is 0 Å². The third-order valence-corrected chi connectivity index (χ3v) is 7.29. The summed E-state index contributed by atoms with van der Waals surface area (Å²) in [6.07, 6.45) is 2.21. The molecule has 0 saturated heterocycles. The van der Waals surface area contributed by atoms with Gasteiger partial charge in [-0.2, -0.15) is 0 Å². The molecule has 0 fully saturated rings. The van der Waals surface area contributed by atoms with Crippen LogP contribution in [-0.4, -0.2) is 52.7 Å². The minimum atomic E-state index is -2.90. The van der Waals surface area contributed by atoms with E-state index < -0.39 is 15.3 Å². The van der Waals surface area contributed by atoms with Crippen molar-refractivity contribution < 1.29 is 22.6 Å². The Hall–Kier alpha value is -3.19. The summed E-state index contributed by atoms with van der Waals surface area (Å²) in [5.41, 5.74) is 8.11. The van der Waals surface area contributed by atoms with Crippen LogP contribution in [0.15, 0.2) is 54.6 Å². The first-order chi connectivity index (χ1) is 15.9. The number of nitrogens with one attached hydrogen (secondary N) is 1. The Bertz CT molecular complexity index is 1200.